The average Bonchev–Trinajstić information content (AvgIpc) is 2.98. The second kappa shape index (κ2) is 6.38. The summed E-state index contributed by atoms with van der Waals surface area (Å²) in [7, 11) is 0. The van der Waals surface area contributed by atoms with Gasteiger partial charge in [0.1, 0.15) is 0 Å². The van der Waals surface area contributed by atoms with Gasteiger partial charge in [-0.25, -0.2) is 0 Å². The summed E-state index contributed by atoms with van der Waals surface area (Å²) in [4.78, 5) is 6.24. The number of rotatable bonds is 5. The van der Waals surface area contributed by atoms with Crippen LogP contribution < -0.4 is 10.6 Å². The molecule has 0 spiro atoms. The Kier molecular flexibility index (Phi) is 4.57. The quantitative estimate of drug-likeness (QED) is 0.318. The van der Waals surface area contributed by atoms with Crippen molar-refractivity contribution in [3.05, 3.63) is 24.0 Å². The molecule has 6 heteroatoms. The number of nitrogens with two attached hydrogens (primary N) is 1. The Morgan fingerprint density at radius 2 is 2.21 bits per heavy atom. The number of hydrogen-bond donors (Lipinski definition) is 3. The number of hydrogen-bond acceptors (Lipinski definition) is 5. The average molecular weight is 264 g/mol. The summed E-state index contributed by atoms with van der Waals surface area (Å²) >= 11 is 0. The fourth-order valence-corrected chi connectivity index (χ4v) is 2.71. The highest BCUT2D eigenvalue weighted by Gasteiger charge is 2.25. The number of oxime groups is 1. The van der Waals surface area contributed by atoms with Gasteiger partial charge in [-0.1, -0.05) is 18.0 Å². The van der Waals surface area contributed by atoms with Crippen LogP contribution in [-0.2, 0) is 0 Å². The van der Waals surface area contributed by atoms with E-state index in [4.69, 9.17) is 10.9 Å². The smallest absolute Gasteiger partial charge is 0.172 e. The van der Waals surface area contributed by atoms with Gasteiger partial charge < -0.3 is 20.9 Å². The summed E-state index contributed by atoms with van der Waals surface area (Å²) in [5.41, 5.74) is 7.18. The van der Waals surface area contributed by atoms with Crippen molar-refractivity contribution in [2.45, 2.75) is 31.7 Å². The summed E-state index contributed by atoms with van der Waals surface area (Å²) < 4.78 is 0. The maximum absolute atomic E-state index is 9.27. The largest absolute Gasteiger partial charge is 0.409 e. The molecule has 0 aliphatic heterocycles. The van der Waals surface area contributed by atoms with Crippen LogP contribution in [0.15, 0.2) is 23.6 Å². The van der Waals surface area contributed by atoms with E-state index < -0.39 is 0 Å². The molecule has 0 aromatic carbocycles. The molecule has 0 unspecified atom stereocenters. The van der Waals surface area contributed by atoms with Gasteiger partial charge in [-0.2, -0.15) is 0 Å². The zero-order chi connectivity index (χ0) is 13.7. The Bertz CT molecular complexity index is 444. The van der Waals surface area contributed by atoms with Crippen LogP contribution in [0.1, 0.15) is 31.2 Å². The standard InChI is InChI=1S/C13H20N4O2/c14-13(16-19)11-5-6-15-9-12(11)17(7-8-18)10-3-1-2-4-10/h5-6,9-10,18-19H,1-4,7-8H2,(H2,14,16). The Morgan fingerprint density at radius 1 is 1.47 bits per heavy atom. The Labute approximate surface area is 112 Å². The van der Waals surface area contributed by atoms with Crippen molar-refractivity contribution in [1.82, 2.24) is 4.98 Å². The normalized spacial score (nSPS) is 16.8. The monoisotopic (exact) mass is 264 g/mol. The second-order valence-electron chi connectivity index (χ2n) is 4.73. The van der Waals surface area contributed by atoms with Crippen molar-refractivity contribution < 1.29 is 10.3 Å². The van der Waals surface area contributed by atoms with Crippen LogP contribution in [-0.4, -0.2) is 40.3 Å². The van der Waals surface area contributed by atoms with E-state index in [-0.39, 0.29) is 12.4 Å². The van der Waals surface area contributed by atoms with Crippen LogP contribution in [0.5, 0.6) is 0 Å². The molecule has 6 nitrogen and oxygen atoms in total. The zero-order valence-electron chi connectivity index (χ0n) is 10.9. The first-order valence-electron chi connectivity index (χ1n) is 6.57. The van der Waals surface area contributed by atoms with Crippen molar-refractivity contribution in [2.24, 2.45) is 10.9 Å². The first kappa shape index (κ1) is 13.6. The number of aromatic nitrogens is 1. The number of anilines is 1. The molecule has 1 aliphatic carbocycles. The van der Waals surface area contributed by atoms with Crippen LogP contribution in [0, 0.1) is 0 Å². The van der Waals surface area contributed by atoms with Crippen LogP contribution in [0.3, 0.4) is 0 Å². The van der Waals surface area contributed by atoms with Crippen molar-refractivity contribution >= 4 is 11.5 Å². The lowest BCUT2D eigenvalue weighted by Crippen LogP contribution is -2.37. The molecule has 1 aromatic heterocycles. The third kappa shape index (κ3) is 2.96. The number of amidine groups is 1. The summed E-state index contributed by atoms with van der Waals surface area (Å²) in [5.74, 6) is 0.0679. The molecule has 104 valence electrons. The molecule has 0 bridgehead atoms. The predicted octanol–water partition coefficient (Wildman–Crippen LogP) is 0.917. The van der Waals surface area contributed by atoms with Crippen LogP contribution in [0.4, 0.5) is 5.69 Å². The van der Waals surface area contributed by atoms with E-state index in [1.807, 2.05) is 0 Å². The Hall–Kier alpha value is -1.82. The molecular weight excluding hydrogens is 244 g/mol. The highest BCUT2D eigenvalue weighted by molar-refractivity contribution is 6.02. The minimum absolute atomic E-state index is 0.0679. The summed E-state index contributed by atoms with van der Waals surface area (Å²) in [5, 5.41) is 21.2. The van der Waals surface area contributed by atoms with Crippen molar-refractivity contribution in [3.63, 3.8) is 0 Å². The molecule has 4 N–H and O–H groups in total. The van der Waals surface area contributed by atoms with Crippen molar-refractivity contribution in [3.8, 4) is 0 Å². The molecule has 1 aliphatic rings. The van der Waals surface area contributed by atoms with Gasteiger partial charge in [0, 0.05) is 24.3 Å². The lowest BCUT2D eigenvalue weighted by atomic mass is 10.1. The number of nitrogens with zero attached hydrogens (tertiary/aromatic N) is 3. The maximum atomic E-state index is 9.27. The van der Waals surface area contributed by atoms with Gasteiger partial charge in [0.25, 0.3) is 0 Å². The number of aliphatic hydroxyl groups excluding tert-OH is 1. The lowest BCUT2D eigenvalue weighted by molar-refractivity contribution is 0.297. The zero-order valence-corrected chi connectivity index (χ0v) is 10.9. The van der Waals surface area contributed by atoms with Gasteiger partial charge in [-0.3, -0.25) is 4.98 Å². The van der Waals surface area contributed by atoms with Gasteiger partial charge in [0.05, 0.1) is 18.5 Å². The molecule has 1 saturated carbocycles. The first-order valence-corrected chi connectivity index (χ1v) is 6.57. The predicted molar refractivity (Wildman–Crippen MR) is 73.4 cm³/mol. The summed E-state index contributed by atoms with van der Waals surface area (Å²) in [6, 6.07) is 2.12. The molecule has 0 radical (unpaired) electrons. The van der Waals surface area contributed by atoms with Crippen molar-refractivity contribution in [1.29, 1.82) is 0 Å². The SMILES string of the molecule is N/C(=N/O)c1ccncc1N(CCO)C1CCCC1. The second-order valence-corrected chi connectivity index (χ2v) is 4.73. The van der Waals surface area contributed by atoms with E-state index in [9.17, 15) is 5.11 Å². The number of pyridine rings is 1. The third-order valence-electron chi connectivity index (χ3n) is 3.60. The van der Waals surface area contributed by atoms with Gasteiger partial charge in [-0.15, -0.1) is 0 Å². The molecule has 19 heavy (non-hydrogen) atoms. The molecular formula is C13H20N4O2. The summed E-state index contributed by atoms with van der Waals surface area (Å²) in [6.07, 6.45) is 7.93. The number of aliphatic hydroxyl groups is 1. The van der Waals surface area contributed by atoms with Gasteiger partial charge in [0.15, 0.2) is 5.84 Å². The highest BCUT2D eigenvalue weighted by atomic mass is 16.4. The van der Waals surface area contributed by atoms with E-state index in [1.165, 1.54) is 12.8 Å². The molecule has 1 fully saturated rings. The van der Waals surface area contributed by atoms with Gasteiger partial charge in [0.2, 0.25) is 0 Å². The Balaban J connectivity index is 2.35. The van der Waals surface area contributed by atoms with Crippen LogP contribution >= 0.6 is 0 Å². The van der Waals surface area contributed by atoms with E-state index in [1.54, 1.807) is 18.5 Å². The lowest BCUT2D eigenvalue weighted by Gasteiger charge is -2.31. The molecule has 0 atom stereocenters. The first-order chi connectivity index (χ1) is 9.27. The van der Waals surface area contributed by atoms with E-state index in [0.717, 1.165) is 18.5 Å². The van der Waals surface area contributed by atoms with E-state index in [0.29, 0.717) is 18.2 Å². The molecule has 2 rings (SSSR count). The highest BCUT2D eigenvalue weighted by Crippen LogP contribution is 2.29. The molecule has 1 aromatic rings. The minimum Gasteiger partial charge on any atom is -0.409 e. The Morgan fingerprint density at radius 3 is 2.84 bits per heavy atom. The molecule has 0 saturated heterocycles. The molecule has 1 heterocycles. The fraction of sp³-hybridized carbons (Fsp3) is 0.538. The molecule has 0 amide bonds. The van der Waals surface area contributed by atoms with Crippen molar-refractivity contribution in [2.75, 3.05) is 18.1 Å². The van der Waals surface area contributed by atoms with E-state index in [2.05, 4.69) is 15.0 Å². The minimum atomic E-state index is 0.0679. The van der Waals surface area contributed by atoms with Crippen LogP contribution in [0.2, 0.25) is 0 Å². The van der Waals surface area contributed by atoms with E-state index >= 15 is 0 Å². The topological polar surface area (TPSA) is 95.0 Å². The van der Waals surface area contributed by atoms with Gasteiger partial charge in [-0.05, 0) is 18.9 Å². The van der Waals surface area contributed by atoms with Crippen LogP contribution in [0.25, 0.3) is 0 Å². The van der Waals surface area contributed by atoms with Gasteiger partial charge >= 0.3 is 0 Å². The maximum Gasteiger partial charge on any atom is 0.172 e. The summed E-state index contributed by atoms with van der Waals surface area (Å²) in [6.45, 7) is 0.600. The fourth-order valence-electron chi connectivity index (χ4n) is 2.71. The third-order valence-corrected chi connectivity index (χ3v) is 3.60.